The fourth-order valence-electron chi connectivity index (χ4n) is 2.35. The Balaban J connectivity index is 1.83. The first-order valence-electron chi connectivity index (χ1n) is 6.54. The van der Waals surface area contributed by atoms with Crippen molar-refractivity contribution in [2.24, 2.45) is 0 Å². The summed E-state index contributed by atoms with van der Waals surface area (Å²) in [5, 5.41) is 2.85. The maximum Gasteiger partial charge on any atom is 0.265 e. The number of aryl methyl sites for hydroxylation is 1. The lowest BCUT2D eigenvalue weighted by Crippen LogP contribution is -2.38. The Labute approximate surface area is 117 Å². The molecule has 1 amide bonds. The summed E-state index contributed by atoms with van der Waals surface area (Å²) in [7, 11) is 0. The van der Waals surface area contributed by atoms with Gasteiger partial charge in [-0.25, -0.2) is 0 Å². The first-order chi connectivity index (χ1) is 9.61. The van der Waals surface area contributed by atoms with Crippen LogP contribution in [0.25, 0.3) is 0 Å². The Bertz CT molecular complexity index is 667. The third-order valence-corrected chi connectivity index (χ3v) is 3.33. The van der Waals surface area contributed by atoms with E-state index in [1.54, 1.807) is 18.2 Å². The minimum Gasteiger partial charge on any atom is -0.478 e. The van der Waals surface area contributed by atoms with Crippen LogP contribution in [0, 0.1) is 6.92 Å². The molecule has 102 valence electrons. The van der Waals surface area contributed by atoms with E-state index in [0.717, 1.165) is 5.56 Å². The second-order valence-electron chi connectivity index (χ2n) is 5.04. The van der Waals surface area contributed by atoms with E-state index in [0.29, 0.717) is 23.5 Å². The number of nitrogens with two attached hydrogens (primary N) is 1. The lowest BCUT2D eigenvalue weighted by Gasteiger charge is -2.26. The molecular weight excluding hydrogens is 252 g/mol. The molecule has 0 spiro atoms. The highest BCUT2D eigenvalue weighted by Crippen LogP contribution is 2.32. The maximum absolute atomic E-state index is 12.1. The molecule has 1 heterocycles. The molecule has 0 fully saturated rings. The van der Waals surface area contributed by atoms with E-state index in [9.17, 15) is 4.79 Å². The molecule has 3 rings (SSSR count). The van der Waals surface area contributed by atoms with E-state index in [1.807, 2.05) is 25.1 Å². The summed E-state index contributed by atoms with van der Waals surface area (Å²) in [5.74, 6) is 0.506. The zero-order valence-electron chi connectivity index (χ0n) is 11.2. The number of carbonyl (C=O) groups excluding carboxylic acids is 1. The number of anilines is 2. The zero-order chi connectivity index (χ0) is 14.1. The highest BCUT2D eigenvalue weighted by Gasteiger charge is 2.27. The molecule has 20 heavy (non-hydrogen) atoms. The van der Waals surface area contributed by atoms with Crippen LogP contribution < -0.4 is 15.8 Å². The Kier molecular flexibility index (Phi) is 3.06. The van der Waals surface area contributed by atoms with Crippen molar-refractivity contribution in [1.29, 1.82) is 0 Å². The highest BCUT2D eigenvalue weighted by molar-refractivity contribution is 5.98. The van der Waals surface area contributed by atoms with Gasteiger partial charge < -0.3 is 15.8 Å². The summed E-state index contributed by atoms with van der Waals surface area (Å²) in [6.45, 7) is 2.03. The predicted molar refractivity (Wildman–Crippen MR) is 78.8 cm³/mol. The molecule has 4 heteroatoms. The minimum absolute atomic E-state index is 0.122. The molecule has 1 unspecified atom stereocenters. The van der Waals surface area contributed by atoms with Crippen molar-refractivity contribution in [3.63, 3.8) is 0 Å². The van der Waals surface area contributed by atoms with Crippen LogP contribution in [0.3, 0.4) is 0 Å². The monoisotopic (exact) mass is 268 g/mol. The topological polar surface area (TPSA) is 64.3 Å². The molecule has 1 aliphatic heterocycles. The Morgan fingerprint density at radius 2 is 2.10 bits per heavy atom. The van der Waals surface area contributed by atoms with Gasteiger partial charge in [0, 0.05) is 18.2 Å². The van der Waals surface area contributed by atoms with E-state index < -0.39 is 6.10 Å². The first-order valence-corrected chi connectivity index (χ1v) is 6.54. The van der Waals surface area contributed by atoms with Gasteiger partial charge in [-0.05, 0) is 24.6 Å². The number of hydrogen-bond donors (Lipinski definition) is 2. The molecule has 0 aliphatic carbocycles. The normalized spacial score (nSPS) is 17.1. The van der Waals surface area contributed by atoms with Gasteiger partial charge in [0.2, 0.25) is 0 Å². The number of ether oxygens (including phenoxy) is 1. The van der Waals surface area contributed by atoms with Crippen LogP contribution in [0.4, 0.5) is 11.4 Å². The van der Waals surface area contributed by atoms with Crippen LogP contribution in [0.2, 0.25) is 0 Å². The first kappa shape index (κ1) is 12.5. The van der Waals surface area contributed by atoms with Crippen molar-refractivity contribution in [3.8, 4) is 5.75 Å². The minimum atomic E-state index is -0.522. The standard InChI is InChI=1S/C16H16N2O2/c1-10-3-2-4-11(7-10)8-15-16(19)18-13-6-5-12(17)9-14(13)20-15/h2-7,9,15H,8,17H2,1H3,(H,18,19). The summed E-state index contributed by atoms with van der Waals surface area (Å²) in [4.78, 5) is 12.1. The Hall–Kier alpha value is -2.49. The third-order valence-electron chi connectivity index (χ3n) is 3.33. The van der Waals surface area contributed by atoms with Gasteiger partial charge in [-0.1, -0.05) is 29.8 Å². The average molecular weight is 268 g/mol. The summed E-state index contributed by atoms with van der Waals surface area (Å²) >= 11 is 0. The second-order valence-corrected chi connectivity index (χ2v) is 5.04. The average Bonchev–Trinajstić information content (AvgIpc) is 2.40. The maximum atomic E-state index is 12.1. The molecule has 1 atom stereocenters. The zero-order valence-corrected chi connectivity index (χ0v) is 11.2. The van der Waals surface area contributed by atoms with Crippen LogP contribution in [-0.2, 0) is 11.2 Å². The van der Waals surface area contributed by atoms with Gasteiger partial charge in [0.25, 0.3) is 5.91 Å². The largest absolute Gasteiger partial charge is 0.478 e. The van der Waals surface area contributed by atoms with Crippen LogP contribution >= 0.6 is 0 Å². The molecule has 3 N–H and O–H groups in total. The van der Waals surface area contributed by atoms with Gasteiger partial charge in [-0.2, -0.15) is 0 Å². The molecule has 2 aromatic carbocycles. The molecule has 4 nitrogen and oxygen atoms in total. The number of rotatable bonds is 2. The third kappa shape index (κ3) is 2.45. The van der Waals surface area contributed by atoms with Crippen molar-refractivity contribution in [2.75, 3.05) is 11.1 Å². The number of carbonyl (C=O) groups is 1. The van der Waals surface area contributed by atoms with Crippen molar-refractivity contribution < 1.29 is 9.53 Å². The molecule has 0 saturated heterocycles. The van der Waals surface area contributed by atoms with E-state index in [4.69, 9.17) is 10.5 Å². The van der Waals surface area contributed by atoms with Crippen molar-refractivity contribution in [1.82, 2.24) is 0 Å². The fraction of sp³-hybridized carbons (Fsp3) is 0.188. The number of nitrogens with one attached hydrogen (secondary N) is 1. The fourth-order valence-corrected chi connectivity index (χ4v) is 2.35. The predicted octanol–water partition coefficient (Wildman–Crippen LogP) is 2.52. The lowest BCUT2D eigenvalue weighted by molar-refractivity contribution is -0.123. The van der Waals surface area contributed by atoms with E-state index >= 15 is 0 Å². The molecule has 0 radical (unpaired) electrons. The van der Waals surface area contributed by atoms with Crippen LogP contribution in [0.5, 0.6) is 5.75 Å². The number of fused-ring (bicyclic) bond motifs is 1. The van der Waals surface area contributed by atoms with Gasteiger partial charge in [-0.3, -0.25) is 4.79 Å². The molecule has 2 aromatic rings. The SMILES string of the molecule is Cc1cccc(CC2Oc3cc(N)ccc3NC2=O)c1. The smallest absolute Gasteiger partial charge is 0.265 e. The van der Waals surface area contributed by atoms with E-state index in [2.05, 4.69) is 11.4 Å². The van der Waals surface area contributed by atoms with Gasteiger partial charge in [-0.15, -0.1) is 0 Å². The molecular formula is C16H16N2O2. The highest BCUT2D eigenvalue weighted by atomic mass is 16.5. The Morgan fingerprint density at radius 3 is 2.90 bits per heavy atom. The van der Waals surface area contributed by atoms with Crippen molar-refractivity contribution in [2.45, 2.75) is 19.4 Å². The quantitative estimate of drug-likeness (QED) is 0.823. The van der Waals surface area contributed by atoms with E-state index in [-0.39, 0.29) is 5.91 Å². The lowest BCUT2D eigenvalue weighted by atomic mass is 10.0. The number of hydrogen-bond acceptors (Lipinski definition) is 3. The van der Waals surface area contributed by atoms with Crippen molar-refractivity contribution >= 4 is 17.3 Å². The molecule has 0 aromatic heterocycles. The molecule has 0 bridgehead atoms. The Morgan fingerprint density at radius 1 is 1.25 bits per heavy atom. The van der Waals surface area contributed by atoms with Gasteiger partial charge >= 0.3 is 0 Å². The van der Waals surface area contributed by atoms with Gasteiger partial charge in [0.05, 0.1) is 5.69 Å². The summed E-state index contributed by atoms with van der Waals surface area (Å²) in [5.41, 5.74) is 9.28. The number of benzene rings is 2. The van der Waals surface area contributed by atoms with Crippen LogP contribution in [0.1, 0.15) is 11.1 Å². The van der Waals surface area contributed by atoms with Crippen LogP contribution in [0.15, 0.2) is 42.5 Å². The summed E-state index contributed by atoms with van der Waals surface area (Å²) < 4.78 is 5.78. The van der Waals surface area contributed by atoms with E-state index in [1.165, 1.54) is 5.56 Å². The summed E-state index contributed by atoms with van der Waals surface area (Å²) in [6, 6.07) is 13.3. The van der Waals surface area contributed by atoms with Gasteiger partial charge in [0.1, 0.15) is 5.75 Å². The summed E-state index contributed by atoms with van der Waals surface area (Å²) in [6.07, 6.45) is 0.0213. The molecule has 0 saturated carbocycles. The van der Waals surface area contributed by atoms with Crippen molar-refractivity contribution in [3.05, 3.63) is 53.6 Å². The van der Waals surface area contributed by atoms with Gasteiger partial charge in [0.15, 0.2) is 6.10 Å². The second kappa shape index (κ2) is 4.89. The van der Waals surface area contributed by atoms with Crippen LogP contribution in [-0.4, -0.2) is 12.0 Å². The number of nitrogen functional groups attached to an aromatic ring is 1. The number of amides is 1. The molecule has 1 aliphatic rings.